The maximum atomic E-state index is 11.4. The van der Waals surface area contributed by atoms with E-state index in [0.29, 0.717) is 12.8 Å². The van der Waals surface area contributed by atoms with E-state index in [-0.39, 0.29) is 43.4 Å². The van der Waals surface area contributed by atoms with E-state index in [2.05, 4.69) is 0 Å². The summed E-state index contributed by atoms with van der Waals surface area (Å²) in [6.45, 7) is 12.1. The summed E-state index contributed by atoms with van der Waals surface area (Å²) in [5.74, 6) is -0.510. The molecule has 0 fully saturated rings. The van der Waals surface area contributed by atoms with Gasteiger partial charge in [0.2, 0.25) is 0 Å². The van der Waals surface area contributed by atoms with Crippen molar-refractivity contribution in [1.29, 1.82) is 0 Å². The molecule has 0 radical (unpaired) electrons. The van der Waals surface area contributed by atoms with Crippen LogP contribution in [0.2, 0.25) is 0 Å². The Kier molecular flexibility index (Phi) is 8.72. The van der Waals surface area contributed by atoms with Gasteiger partial charge in [-0.2, -0.15) is 0 Å². The second-order valence-electron chi connectivity index (χ2n) is 6.92. The fraction of sp³-hybridized carbons (Fsp3) is 0.867. The minimum atomic E-state index is -0.255. The largest absolute Gasteiger partial charge is 0.462 e. The summed E-state index contributed by atoms with van der Waals surface area (Å²) in [6, 6.07) is 0. The highest BCUT2D eigenvalue weighted by molar-refractivity contribution is 5.71. The molecule has 0 spiro atoms. The molecule has 0 aliphatic heterocycles. The molecule has 0 amide bonds. The van der Waals surface area contributed by atoms with Crippen molar-refractivity contribution in [3.8, 4) is 0 Å². The standard InChI is InChI=1S/C14H26O4.CH4/c1-13(2,3)9-11(15)17-7-8-18-12(16)10-14(4,5)6;/h7-10H2,1-6H3;1H4. The zero-order valence-electron chi connectivity index (χ0n) is 12.5. The number of esters is 2. The number of carbonyl (C=O) groups is 2. The molecule has 0 unspecified atom stereocenters. The molecule has 0 aromatic heterocycles. The van der Waals surface area contributed by atoms with Gasteiger partial charge in [-0.15, -0.1) is 0 Å². The molecule has 0 aliphatic carbocycles. The normalized spacial score (nSPS) is 11.5. The van der Waals surface area contributed by atoms with Crippen LogP contribution < -0.4 is 0 Å². The molecule has 0 rings (SSSR count). The third kappa shape index (κ3) is 14.9. The molecular formula is C15H30O4. The quantitative estimate of drug-likeness (QED) is 0.568. The highest BCUT2D eigenvalue weighted by atomic mass is 16.6. The first kappa shape index (κ1) is 20.3. The highest BCUT2D eigenvalue weighted by Crippen LogP contribution is 2.19. The lowest BCUT2D eigenvalue weighted by Crippen LogP contribution is -2.20. The van der Waals surface area contributed by atoms with Gasteiger partial charge in [-0.1, -0.05) is 49.0 Å². The molecule has 0 aromatic rings. The van der Waals surface area contributed by atoms with Crippen molar-refractivity contribution in [2.45, 2.75) is 61.8 Å². The van der Waals surface area contributed by atoms with Crippen molar-refractivity contribution in [2.75, 3.05) is 13.2 Å². The van der Waals surface area contributed by atoms with Gasteiger partial charge in [-0.3, -0.25) is 9.59 Å². The average Bonchev–Trinajstić information content (AvgIpc) is 2.06. The average molecular weight is 274 g/mol. The van der Waals surface area contributed by atoms with E-state index in [9.17, 15) is 9.59 Å². The van der Waals surface area contributed by atoms with Crippen LogP contribution in [0.15, 0.2) is 0 Å². The van der Waals surface area contributed by atoms with Crippen LogP contribution in [0.4, 0.5) is 0 Å². The first-order valence-electron chi connectivity index (χ1n) is 6.31. The number of carbonyl (C=O) groups excluding carboxylic acids is 2. The van der Waals surface area contributed by atoms with E-state index in [1.54, 1.807) is 0 Å². The molecule has 4 nitrogen and oxygen atoms in total. The van der Waals surface area contributed by atoms with E-state index in [0.717, 1.165) is 0 Å². The summed E-state index contributed by atoms with van der Waals surface area (Å²) >= 11 is 0. The Hall–Kier alpha value is -1.06. The Morgan fingerprint density at radius 2 is 1.00 bits per heavy atom. The monoisotopic (exact) mass is 274 g/mol. The van der Waals surface area contributed by atoms with Crippen LogP contribution in [0.5, 0.6) is 0 Å². The summed E-state index contributed by atoms with van der Waals surface area (Å²) in [6.07, 6.45) is 0.728. The predicted molar refractivity (Wildman–Crippen MR) is 76.8 cm³/mol. The maximum absolute atomic E-state index is 11.4. The highest BCUT2D eigenvalue weighted by Gasteiger charge is 2.18. The van der Waals surface area contributed by atoms with Crippen LogP contribution in [0.25, 0.3) is 0 Å². The topological polar surface area (TPSA) is 52.6 Å². The van der Waals surface area contributed by atoms with Crippen molar-refractivity contribution < 1.29 is 19.1 Å². The SMILES string of the molecule is C.CC(C)(C)CC(=O)OCCOC(=O)CC(C)(C)C. The minimum absolute atomic E-state index is 0. The molecule has 0 aromatic carbocycles. The Bertz CT molecular complexity index is 252. The summed E-state index contributed by atoms with van der Waals surface area (Å²) in [4.78, 5) is 22.7. The fourth-order valence-electron chi connectivity index (χ4n) is 1.28. The maximum Gasteiger partial charge on any atom is 0.306 e. The second kappa shape index (κ2) is 8.18. The Labute approximate surface area is 117 Å². The summed E-state index contributed by atoms with van der Waals surface area (Å²) in [5.41, 5.74) is -0.167. The van der Waals surface area contributed by atoms with E-state index < -0.39 is 0 Å². The van der Waals surface area contributed by atoms with E-state index in [4.69, 9.17) is 9.47 Å². The third-order valence-electron chi connectivity index (χ3n) is 1.96. The molecule has 0 saturated heterocycles. The van der Waals surface area contributed by atoms with Crippen LogP contribution >= 0.6 is 0 Å². The molecule has 0 heterocycles. The Morgan fingerprint density at radius 3 is 1.21 bits per heavy atom. The first-order chi connectivity index (χ1) is 7.99. The van der Waals surface area contributed by atoms with Crippen molar-refractivity contribution in [3.05, 3.63) is 0 Å². The lowest BCUT2D eigenvalue weighted by Gasteiger charge is -2.17. The smallest absolute Gasteiger partial charge is 0.306 e. The van der Waals surface area contributed by atoms with Gasteiger partial charge in [0.15, 0.2) is 0 Å². The summed E-state index contributed by atoms with van der Waals surface area (Å²) < 4.78 is 9.96. The van der Waals surface area contributed by atoms with E-state index in [1.807, 2.05) is 41.5 Å². The van der Waals surface area contributed by atoms with Gasteiger partial charge in [0.1, 0.15) is 13.2 Å². The van der Waals surface area contributed by atoms with Crippen molar-refractivity contribution in [1.82, 2.24) is 0 Å². The van der Waals surface area contributed by atoms with Gasteiger partial charge in [0.05, 0.1) is 12.8 Å². The molecule has 4 heteroatoms. The van der Waals surface area contributed by atoms with Gasteiger partial charge >= 0.3 is 11.9 Å². The van der Waals surface area contributed by atoms with Gasteiger partial charge in [-0.25, -0.2) is 0 Å². The number of hydrogen-bond acceptors (Lipinski definition) is 4. The summed E-state index contributed by atoms with van der Waals surface area (Å²) in [7, 11) is 0. The fourth-order valence-corrected chi connectivity index (χ4v) is 1.28. The predicted octanol–water partition coefficient (Wildman–Crippen LogP) is 3.58. The molecule has 0 N–H and O–H groups in total. The lowest BCUT2D eigenvalue weighted by atomic mass is 9.92. The van der Waals surface area contributed by atoms with Gasteiger partial charge in [0, 0.05) is 0 Å². The number of hydrogen-bond donors (Lipinski definition) is 0. The molecular weight excluding hydrogens is 244 g/mol. The van der Waals surface area contributed by atoms with Crippen LogP contribution in [0, 0.1) is 10.8 Å². The molecule has 0 aliphatic rings. The van der Waals surface area contributed by atoms with Crippen LogP contribution in [-0.4, -0.2) is 25.2 Å². The zero-order chi connectivity index (χ0) is 14.4. The van der Waals surface area contributed by atoms with Crippen LogP contribution in [0.3, 0.4) is 0 Å². The molecule has 0 atom stereocenters. The van der Waals surface area contributed by atoms with E-state index in [1.165, 1.54) is 0 Å². The van der Waals surface area contributed by atoms with Crippen molar-refractivity contribution >= 4 is 11.9 Å². The molecule has 0 bridgehead atoms. The molecule has 19 heavy (non-hydrogen) atoms. The van der Waals surface area contributed by atoms with Crippen molar-refractivity contribution in [2.24, 2.45) is 10.8 Å². The zero-order valence-corrected chi connectivity index (χ0v) is 12.5. The Morgan fingerprint density at radius 1 is 0.737 bits per heavy atom. The van der Waals surface area contributed by atoms with Crippen LogP contribution in [-0.2, 0) is 19.1 Å². The summed E-state index contributed by atoms with van der Waals surface area (Å²) in [5, 5.41) is 0. The Balaban J connectivity index is 0. The molecule has 114 valence electrons. The van der Waals surface area contributed by atoms with Gasteiger partial charge in [0.25, 0.3) is 0 Å². The first-order valence-corrected chi connectivity index (χ1v) is 6.31. The third-order valence-corrected chi connectivity index (χ3v) is 1.96. The number of ether oxygens (including phenoxy) is 2. The molecule has 0 saturated carbocycles. The van der Waals surface area contributed by atoms with E-state index >= 15 is 0 Å². The number of rotatable bonds is 5. The van der Waals surface area contributed by atoms with Gasteiger partial charge < -0.3 is 9.47 Å². The minimum Gasteiger partial charge on any atom is -0.462 e. The van der Waals surface area contributed by atoms with Crippen molar-refractivity contribution in [3.63, 3.8) is 0 Å². The second-order valence-corrected chi connectivity index (χ2v) is 6.92. The lowest BCUT2D eigenvalue weighted by molar-refractivity contribution is -0.154. The van der Waals surface area contributed by atoms with Crippen LogP contribution in [0.1, 0.15) is 61.8 Å². The van der Waals surface area contributed by atoms with Gasteiger partial charge in [-0.05, 0) is 10.8 Å².